The minimum absolute atomic E-state index is 0.843. The Morgan fingerprint density at radius 1 is 0.455 bits per heavy atom. The first-order valence-electron chi connectivity index (χ1n) is 10.7. The largest absolute Gasteiger partial charge is 0.144 e. The molecule has 0 fully saturated rings. The van der Waals surface area contributed by atoms with Crippen LogP contribution in [0.1, 0.15) is 0 Å². The minimum atomic E-state index is 0.843. The Bertz CT molecular complexity index is 1360. The van der Waals surface area contributed by atoms with Crippen molar-refractivity contribution in [1.29, 1.82) is 0 Å². The maximum Gasteiger partial charge on any atom is 0.105 e. The van der Waals surface area contributed by atoms with Crippen molar-refractivity contribution >= 4 is 21.4 Å². The van der Waals surface area contributed by atoms with Crippen molar-refractivity contribution in [3.8, 4) is 33.6 Å². The van der Waals surface area contributed by atoms with Gasteiger partial charge in [-0.05, 0) is 33.7 Å². The first-order chi connectivity index (χ1) is 16.4. The van der Waals surface area contributed by atoms with Crippen LogP contribution in [0.2, 0.25) is 0 Å². The average Bonchev–Trinajstić information content (AvgIpc) is 3.39. The summed E-state index contributed by atoms with van der Waals surface area (Å²) in [7, 11) is 0. The minimum Gasteiger partial charge on any atom is -0.144 e. The second kappa shape index (κ2) is 9.98. The summed E-state index contributed by atoms with van der Waals surface area (Å²) in [4.78, 5) is 0. The van der Waals surface area contributed by atoms with Gasteiger partial charge < -0.3 is 0 Å². The molecule has 0 aliphatic rings. The second-order valence-electron chi connectivity index (χ2n) is 7.42. The fourth-order valence-electron chi connectivity index (χ4n) is 3.70. The summed E-state index contributed by atoms with van der Waals surface area (Å²) in [6.07, 6.45) is 0. The molecule has 0 N–H and O–H groups in total. The van der Waals surface area contributed by atoms with Gasteiger partial charge in [0.05, 0.1) is 0 Å². The van der Waals surface area contributed by atoms with Crippen molar-refractivity contribution in [2.75, 3.05) is 0 Å². The molecular weight excluding hydrogens is 422 g/mol. The Kier molecular flexibility index (Phi) is 6.27. The lowest BCUT2D eigenvalue weighted by molar-refractivity contribution is 0.878. The van der Waals surface area contributed by atoms with E-state index < -0.39 is 0 Å². The molecule has 0 atom stereocenters. The van der Waals surface area contributed by atoms with Crippen LogP contribution in [0.3, 0.4) is 0 Å². The van der Waals surface area contributed by atoms with Crippen molar-refractivity contribution in [2.24, 2.45) is 0 Å². The monoisotopic (exact) mass is 443 g/mol. The predicted molar refractivity (Wildman–Crippen MR) is 138 cm³/mol. The molecule has 0 radical (unpaired) electrons. The second-order valence-corrected chi connectivity index (χ2v) is 8.37. The number of hydrogen-bond donors (Lipinski definition) is 0. The van der Waals surface area contributed by atoms with Gasteiger partial charge in [-0.25, -0.2) is 0 Å². The number of thiophene rings is 1. The Morgan fingerprint density at radius 2 is 0.939 bits per heavy atom. The van der Waals surface area contributed by atoms with Gasteiger partial charge in [0.1, 0.15) is 11.4 Å². The predicted octanol–water partition coefficient (Wildman–Crippen LogP) is 7.77. The zero-order chi connectivity index (χ0) is 22.3. The Balaban J connectivity index is 0.000000211. The average molecular weight is 444 g/mol. The highest BCUT2D eigenvalue weighted by Gasteiger charge is 2.17. The van der Waals surface area contributed by atoms with Gasteiger partial charge in [0.25, 0.3) is 0 Å². The Morgan fingerprint density at radius 3 is 1.48 bits per heavy atom. The van der Waals surface area contributed by atoms with Gasteiger partial charge in [0.2, 0.25) is 0 Å². The van der Waals surface area contributed by atoms with Crippen LogP contribution in [0.5, 0.6) is 0 Å². The number of rotatable bonds is 3. The van der Waals surface area contributed by atoms with E-state index in [4.69, 9.17) is 0 Å². The zero-order valence-corrected chi connectivity index (χ0v) is 18.7. The normalized spacial score (nSPS) is 10.4. The third-order valence-electron chi connectivity index (χ3n) is 5.28. The van der Waals surface area contributed by atoms with Crippen LogP contribution < -0.4 is 0 Å². The molecule has 0 bridgehead atoms. The van der Waals surface area contributed by atoms with Crippen molar-refractivity contribution in [2.45, 2.75) is 0 Å². The van der Waals surface area contributed by atoms with Gasteiger partial charge in [-0.1, -0.05) is 109 Å². The van der Waals surface area contributed by atoms with E-state index in [1.54, 1.807) is 11.3 Å². The van der Waals surface area contributed by atoms with Crippen LogP contribution in [0.25, 0.3) is 43.7 Å². The molecular formula is C29H21N3S. The van der Waals surface area contributed by atoms with E-state index in [9.17, 15) is 0 Å². The number of fused-ring (bicyclic) bond motifs is 1. The van der Waals surface area contributed by atoms with E-state index in [2.05, 4.69) is 63.3 Å². The van der Waals surface area contributed by atoms with Crippen LogP contribution >= 0.6 is 11.3 Å². The molecule has 0 aliphatic heterocycles. The fourth-order valence-corrected chi connectivity index (χ4v) is 4.50. The molecule has 0 unspecified atom stereocenters. The van der Waals surface area contributed by atoms with Crippen LogP contribution in [-0.4, -0.2) is 15.4 Å². The smallest absolute Gasteiger partial charge is 0.105 e. The quantitative estimate of drug-likeness (QED) is 0.280. The first kappa shape index (κ1) is 20.7. The molecule has 0 saturated heterocycles. The molecule has 4 aromatic carbocycles. The molecule has 2 aromatic heterocycles. The highest BCUT2D eigenvalue weighted by atomic mass is 32.1. The lowest BCUT2D eigenvalue weighted by Crippen LogP contribution is -1.99. The van der Waals surface area contributed by atoms with Crippen molar-refractivity contribution < 1.29 is 0 Å². The Hall–Kier alpha value is -4.15. The fraction of sp³-hybridized carbons (Fsp3) is 0. The van der Waals surface area contributed by atoms with Gasteiger partial charge in [-0.3, -0.25) is 0 Å². The van der Waals surface area contributed by atoms with Crippen LogP contribution in [0.15, 0.2) is 127 Å². The summed E-state index contributed by atoms with van der Waals surface area (Å²) in [5, 5.41) is 16.2. The number of hydrogen-bond acceptors (Lipinski definition) is 4. The van der Waals surface area contributed by atoms with Gasteiger partial charge >= 0.3 is 0 Å². The molecule has 0 amide bonds. The standard InChI is InChI=1S/C21H15N3.C8H6S/c1-4-10-16(11-5-1)19-20(17-12-6-2-7-13-17)22-24-23-21(19)18-14-8-3-9-15-18;1-2-4-8-7(3-1)5-6-9-8/h1-15H;1-6H. The third kappa shape index (κ3) is 4.71. The first-order valence-corrected chi connectivity index (χ1v) is 11.6. The molecule has 0 saturated carbocycles. The summed E-state index contributed by atoms with van der Waals surface area (Å²) in [5.41, 5.74) is 5.83. The van der Waals surface area contributed by atoms with E-state index in [1.807, 2.05) is 78.9 Å². The lowest BCUT2D eigenvalue weighted by atomic mass is 9.95. The van der Waals surface area contributed by atoms with Crippen LogP contribution in [0, 0.1) is 0 Å². The van der Waals surface area contributed by atoms with Crippen molar-refractivity contribution in [3.05, 3.63) is 127 Å². The molecule has 0 spiro atoms. The summed E-state index contributed by atoms with van der Waals surface area (Å²) in [6.45, 7) is 0. The van der Waals surface area contributed by atoms with E-state index in [0.717, 1.165) is 33.6 Å². The zero-order valence-electron chi connectivity index (χ0n) is 17.9. The van der Waals surface area contributed by atoms with E-state index in [0.29, 0.717) is 0 Å². The number of nitrogens with zero attached hydrogens (tertiary/aromatic N) is 3. The Labute approximate surface area is 197 Å². The van der Waals surface area contributed by atoms with Gasteiger partial charge in [-0.15, -0.1) is 21.5 Å². The SMILES string of the molecule is c1ccc(-c2nnnc(-c3ccccc3)c2-c2ccccc2)cc1.c1ccc2sccc2c1. The number of benzene rings is 4. The molecule has 158 valence electrons. The molecule has 4 heteroatoms. The van der Waals surface area contributed by atoms with Crippen molar-refractivity contribution in [1.82, 2.24) is 15.4 Å². The molecule has 0 aliphatic carbocycles. The number of aromatic nitrogens is 3. The van der Waals surface area contributed by atoms with Crippen LogP contribution in [-0.2, 0) is 0 Å². The van der Waals surface area contributed by atoms with Gasteiger partial charge in [-0.2, -0.15) is 0 Å². The molecule has 33 heavy (non-hydrogen) atoms. The maximum atomic E-state index is 4.35. The van der Waals surface area contributed by atoms with E-state index in [-0.39, 0.29) is 0 Å². The van der Waals surface area contributed by atoms with Crippen molar-refractivity contribution in [3.63, 3.8) is 0 Å². The topological polar surface area (TPSA) is 38.7 Å². The summed E-state index contributed by atoms with van der Waals surface area (Å²) in [5.74, 6) is 0. The van der Waals surface area contributed by atoms with Crippen LogP contribution in [0.4, 0.5) is 0 Å². The molecule has 2 heterocycles. The maximum absolute atomic E-state index is 4.35. The van der Waals surface area contributed by atoms with Gasteiger partial charge in [0.15, 0.2) is 0 Å². The molecule has 3 nitrogen and oxygen atoms in total. The lowest BCUT2D eigenvalue weighted by Gasteiger charge is -2.12. The third-order valence-corrected chi connectivity index (χ3v) is 6.18. The summed E-state index contributed by atoms with van der Waals surface area (Å²) < 4.78 is 1.37. The highest BCUT2D eigenvalue weighted by Crippen LogP contribution is 2.36. The summed E-state index contributed by atoms with van der Waals surface area (Å²) in [6, 6.07) is 41.0. The van der Waals surface area contributed by atoms with E-state index >= 15 is 0 Å². The highest BCUT2D eigenvalue weighted by molar-refractivity contribution is 7.17. The summed E-state index contributed by atoms with van der Waals surface area (Å²) >= 11 is 1.79. The van der Waals surface area contributed by atoms with E-state index in [1.165, 1.54) is 10.1 Å². The molecule has 6 aromatic rings. The van der Waals surface area contributed by atoms with Gasteiger partial charge in [0, 0.05) is 21.4 Å². The molecule has 6 rings (SSSR count).